The fourth-order valence-electron chi connectivity index (χ4n) is 9.98. The number of aromatic nitrogens is 4. The van der Waals surface area contributed by atoms with Crippen molar-refractivity contribution in [1.82, 2.24) is 40.2 Å². The molecular formula is C44H52F2N10O4. The lowest BCUT2D eigenvalue weighted by atomic mass is 9.81. The van der Waals surface area contributed by atoms with E-state index in [2.05, 4.69) is 45.1 Å². The van der Waals surface area contributed by atoms with Crippen molar-refractivity contribution in [3.05, 3.63) is 59.4 Å². The Hall–Kier alpha value is -5.22. The van der Waals surface area contributed by atoms with E-state index in [1.54, 1.807) is 24.5 Å². The minimum absolute atomic E-state index is 0.0385. The van der Waals surface area contributed by atoms with Gasteiger partial charge in [-0.3, -0.25) is 34.6 Å². The molecule has 60 heavy (non-hydrogen) atoms. The number of nitrogens with zero attached hydrogens (tertiary/aromatic N) is 8. The summed E-state index contributed by atoms with van der Waals surface area (Å²) in [6, 6.07) is 7.80. The average Bonchev–Trinajstić information content (AvgIpc) is 3.69. The van der Waals surface area contributed by atoms with Crippen molar-refractivity contribution < 1.29 is 27.9 Å². The van der Waals surface area contributed by atoms with Crippen molar-refractivity contribution in [2.24, 2.45) is 11.8 Å². The third kappa shape index (κ3) is 7.68. The van der Waals surface area contributed by atoms with Crippen molar-refractivity contribution in [3.8, 4) is 17.1 Å². The molecular weight excluding hydrogens is 771 g/mol. The van der Waals surface area contributed by atoms with E-state index in [1.807, 2.05) is 13.0 Å². The van der Waals surface area contributed by atoms with Gasteiger partial charge in [-0.05, 0) is 81.9 Å². The lowest BCUT2D eigenvalue weighted by Crippen LogP contribution is -2.52. The molecule has 0 radical (unpaired) electrons. The number of nitrogens with one attached hydrogen (secondary N) is 2. The number of hydrogen-bond acceptors (Lipinski definition) is 11. The zero-order chi connectivity index (χ0) is 41.1. The summed E-state index contributed by atoms with van der Waals surface area (Å²) < 4.78 is 36.7. The molecule has 2 saturated carbocycles. The first-order chi connectivity index (χ1) is 29.1. The number of piperidine rings is 1. The number of aromatic amines is 1. The van der Waals surface area contributed by atoms with Crippen LogP contribution in [-0.2, 0) is 16.1 Å². The van der Waals surface area contributed by atoms with Gasteiger partial charge in [-0.2, -0.15) is 5.10 Å². The zero-order valence-electron chi connectivity index (χ0n) is 34.1. The van der Waals surface area contributed by atoms with Gasteiger partial charge in [-0.1, -0.05) is 0 Å². The second-order valence-corrected chi connectivity index (χ2v) is 18.0. The van der Waals surface area contributed by atoms with Crippen LogP contribution in [0.5, 0.6) is 5.75 Å². The Bertz CT molecular complexity index is 2310. The number of anilines is 2. The van der Waals surface area contributed by atoms with E-state index in [-0.39, 0.29) is 48.4 Å². The van der Waals surface area contributed by atoms with Crippen LogP contribution in [0.15, 0.2) is 36.7 Å². The van der Waals surface area contributed by atoms with Crippen molar-refractivity contribution in [1.29, 1.82) is 0 Å². The highest BCUT2D eigenvalue weighted by atomic mass is 19.1. The summed E-state index contributed by atoms with van der Waals surface area (Å²) >= 11 is 0. The van der Waals surface area contributed by atoms with Gasteiger partial charge < -0.3 is 19.4 Å². The minimum Gasteiger partial charge on any atom is -0.484 e. The molecule has 1 atom stereocenters. The summed E-state index contributed by atoms with van der Waals surface area (Å²) in [6.45, 7) is 11.1. The Kier molecular flexibility index (Phi) is 10.2. The summed E-state index contributed by atoms with van der Waals surface area (Å²) in [7, 11) is 0. The van der Waals surface area contributed by atoms with E-state index in [0.29, 0.717) is 45.6 Å². The fourth-order valence-corrected chi connectivity index (χ4v) is 9.98. The lowest BCUT2D eigenvalue weighted by Gasteiger charge is -2.40. The number of benzene rings is 2. The van der Waals surface area contributed by atoms with Gasteiger partial charge in [0.1, 0.15) is 29.5 Å². The third-order valence-electron chi connectivity index (χ3n) is 13.9. The molecule has 6 aliphatic rings. The Morgan fingerprint density at radius 1 is 0.833 bits per heavy atom. The molecule has 1 unspecified atom stereocenters. The number of H-pyrrole nitrogens is 1. The second kappa shape index (κ2) is 15.7. The maximum absolute atomic E-state index is 16.0. The second-order valence-electron chi connectivity index (χ2n) is 18.0. The molecule has 4 aromatic rings. The van der Waals surface area contributed by atoms with Gasteiger partial charge in [-0.15, -0.1) is 0 Å². The fraction of sp³-hybridized carbons (Fsp3) is 0.545. The van der Waals surface area contributed by atoms with Crippen molar-refractivity contribution in [2.75, 3.05) is 75.2 Å². The quantitative estimate of drug-likeness (QED) is 0.214. The number of piperazine rings is 2. The van der Waals surface area contributed by atoms with Gasteiger partial charge in [0.15, 0.2) is 17.4 Å². The topological polar surface area (TPSA) is 143 Å². The normalized spacial score (nSPS) is 24.9. The first-order valence-electron chi connectivity index (χ1n) is 21.7. The molecule has 0 bridgehead atoms. The summed E-state index contributed by atoms with van der Waals surface area (Å²) in [6.07, 6.45) is 8.78. The number of fused-ring (bicyclic) bond motifs is 2. The molecule has 2 aromatic heterocycles. The van der Waals surface area contributed by atoms with E-state index in [0.717, 1.165) is 89.5 Å². The number of ether oxygens (including phenoxy) is 1. The van der Waals surface area contributed by atoms with E-state index in [4.69, 9.17) is 4.74 Å². The van der Waals surface area contributed by atoms with E-state index in [1.165, 1.54) is 36.6 Å². The van der Waals surface area contributed by atoms with Crippen molar-refractivity contribution in [3.63, 3.8) is 0 Å². The number of carbonyl (C=O) groups is 3. The Morgan fingerprint density at radius 2 is 1.52 bits per heavy atom. The number of rotatable bonds is 10. The van der Waals surface area contributed by atoms with E-state index >= 15 is 4.39 Å². The third-order valence-corrected chi connectivity index (χ3v) is 13.9. The highest BCUT2D eigenvalue weighted by molar-refractivity contribution is 6.05. The van der Waals surface area contributed by atoms with Gasteiger partial charge >= 0.3 is 0 Å². The predicted molar refractivity (Wildman–Crippen MR) is 221 cm³/mol. The molecule has 316 valence electrons. The maximum atomic E-state index is 16.0. The number of imide groups is 1. The first kappa shape index (κ1) is 38.9. The van der Waals surface area contributed by atoms with Crippen molar-refractivity contribution >= 4 is 40.1 Å². The van der Waals surface area contributed by atoms with Crippen LogP contribution in [0.1, 0.15) is 74.2 Å². The number of halogens is 2. The van der Waals surface area contributed by atoms with Crippen LogP contribution >= 0.6 is 0 Å². The molecule has 6 heterocycles. The highest BCUT2D eigenvalue weighted by Crippen LogP contribution is 2.42. The van der Waals surface area contributed by atoms with Crippen LogP contribution in [-0.4, -0.2) is 130 Å². The number of hydrogen-bond donors (Lipinski definition) is 2. The summed E-state index contributed by atoms with van der Waals surface area (Å²) in [5, 5.41) is 10.5. The van der Waals surface area contributed by atoms with Crippen LogP contribution < -0.4 is 19.9 Å². The monoisotopic (exact) mass is 822 g/mol. The Labute approximate surface area is 347 Å². The molecule has 3 saturated heterocycles. The van der Waals surface area contributed by atoms with Crippen LogP contribution in [0.4, 0.5) is 20.3 Å². The van der Waals surface area contributed by atoms with E-state index in [9.17, 15) is 18.8 Å². The molecule has 0 spiro atoms. The van der Waals surface area contributed by atoms with Gasteiger partial charge in [-0.25, -0.2) is 18.7 Å². The molecule has 16 heteroatoms. The SMILES string of the molecule is CC1(Oc2cc3c(-c4cc(N5CCN(C[C@H]6CC[C@H](CN7CCN(c8ccc9c(c8F)CN(C8CCC(=O)NC8=O)C9=O)CC7)CC6)CC5)ncn4)n[nH]c3cc2F)CC1. The molecule has 10 rings (SSSR count). The van der Waals surface area contributed by atoms with Gasteiger partial charge in [0.05, 0.1) is 23.4 Å². The van der Waals surface area contributed by atoms with Crippen molar-refractivity contribution in [2.45, 2.75) is 76.5 Å². The summed E-state index contributed by atoms with van der Waals surface area (Å²) in [5.41, 5.74) is 2.81. The molecule has 2 aromatic carbocycles. The average molecular weight is 823 g/mol. The standard InChI is InChI=1S/C44H52F2N10O4/c1-44(10-11-44)60-37-20-30-33(21-32(37)45)50-51-41(30)34-22-38(48-26-47-34)55-18-14-53(15-19-55)24-28-4-2-27(3-5-28)23-52-12-16-54(17-13-52)35-7-6-29-31(40(35)46)25-56(43(29)59)36-8-9-39(57)49-42(36)58/h6-7,20-22,26-28,36H,2-5,8-19,23-25H2,1H3,(H,50,51)(H,49,57,58)/t27-,28-,36?. The summed E-state index contributed by atoms with van der Waals surface area (Å²) in [5.74, 6) is 0.514. The minimum atomic E-state index is -0.760. The molecule has 5 fully saturated rings. The zero-order valence-corrected chi connectivity index (χ0v) is 34.1. The van der Waals surface area contributed by atoms with Crippen LogP contribution in [0.25, 0.3) is 22.3 Å². The maximum Gasteiger partial charge on any atom is 0.255 e. The number of carbonyl (C=O) groups excluding carboxylic acids is 3. The summed E-state index contributed by atoms with van der Waals surface area (Å²) in [4.78, 5) is 57.3. The van der Waals surface area contributed by atoms with Crippen LogP contribution in [0, 0.1) is 23.5 Å². The van der Waals surface area contributed by atoms with Gasteiger partial charge in [0.2, 0.25) is 11.8 Å². The Balaban J connectivity index is 0.671. The molecule has 3 amide bonds. The highest BCUT2D eigenvalue weighted by Gasteiger charge is 2.42. The molecule has 14 nitrogen and oxygen atoms in total. The molecule has 4 aliphatic heterocycles. The van der Waals surface area contributed by atoms with Crippen LogP contribution in [0.2, 0.25) is 0 Å². The largest absolute Gasteiger partial charge is 0.484 e. The molecule has 2 N–H and O–H groups in total. The number of amides is 3. The van der Waals surface area contributed by atoms with Gasteiger partial charge in [0.25, 0.3) is 5.91 Å². The Morgan fingerprint density at radius 3 is 2.18 bits per heavy atom. The van der Waals surface area contributed by atoms with Crippen LogP contribution in [0.3, 0.4) is 0 Å². The van der Waals surface area contributed by atoms with E-state index < -0.39 is 17.8 Å². The first-order valence-corrected chi connectivity index (χ1v) is 21.7. The van der Waals surface area contributed by atoms with Gasteiger partial charge in [0, 0.05) is 101 Å². The molecule has 2 aliphatic carbocycles. The predicted octanol–water partition coefficient (Wildman–Crippen LogP) is 4.74. The smallest absolute Gasteiger partial charge is 0.255 e. The lowest BCUT2D eigenvalue weighted by molar-refractivity contribution is -0.136.